The van der Waals surface area contributed by atoms with Crippen molar-refractivity contribution < 1.29 is 19.3 Å². The molecule has 3 aliphatic rings. The lowest BCUT2D eigenvalue weighted by Gasteiger charge is -2.29. The van der Waals surface area contributed by atoms with E-state index in [1.807, 2.05) is 32.2 Å². The fraction of sp³-hybridized carbons (Fsp3) is 0.706. The van der Waals surface area contributed by atoms with E-state index in [2.05, 4.69) is 16.0 Å². The van der Waals surface area contributed by atoms with Crippen LogP contribution in [0.3, 0.4) is 0 Å². The van der Waals surface area contributed by atoms with Gasteiger partial charge in [0.25, 0.3) is 0 Å². The number of pyridine rings is 1. The van der Waals surface area contributed by atoms with Crippen LogP contribution in [0, 0.1) is 0 Å². The standard InChI is InChI=1S/C17H24N2O4/c1-17(2)22-15-14(20)13(21-16(15)23-17)10-19-9-5-7-12(19)11-6-3-4-8-18-11/h3-4,6,8,12-16,20H,5,7,9-10H2,1-2H3/t12-,13-,14+,15-,16-/m1/s1. The number of hydrogen-bond donors (Lipinski definition) is 1. The van der Waals surface area contributed by atoms with Crippen LogP contribution in [0.5, 0.6) is 0 Å². The molecule has 0 aliphatic carbocycles. The van der Waals surface area contributed by atoms with E-state index in [1.165, 1.54) is 0 Å². The molecule has 1 N–H and O–H groups in total. The van der Waals surface area contributed by atoms with Crippen molar-refractivity contribution in [2.24, 2.45) is 0 Å². The molecule has 3 aliphatic heterocycles. The Morgan fingerprint density at radius 3 is 2.96 bits per heavy atom. The Morgan fingerprint density at radius 1 is 1.35 bits per heavy atom. The maximum Gasteiger partial charge on any atom is 0.190 e. The van der Waals surface area contributed by atoms with Gasteiger partial charge in [0.05, 0.1) is 11.7 Å². The van der Waals surface area contributed by atoms with Crippen molar-refractivity contribution >= 4 is 0 Å². The van der Waals surface area contributed by atoms with Crippen LogP contribution in [0.25, 0.3) is 0 Å². The third kappa shape index (κ3) is 2.90. The quantitative estimate of drug-likeness (QED) is 0.909. The fourth-order valence-electron chi connectivity index (χ4n) is 3.89. The van der Waals surface area contributed by atoms with Crippen molar-refractivity contribution in [3.8, 4) is 0 Å². The monoisotopic (exact) mass is 320 g/mol. The van der Waals surface area contributed by atoms with Gasteiger partial charge in [-0.05, 0) is 45.4 Å². The van der Waals surface area contributed by atoms with Gasteiger partial charge >= 0.3 is 0 Å². The maximum absolute atomic E-state index is 10.5. The highest BCUT2D eigenvalue weighted by molar-refractivity contribution is 5.11. The Balaban J connectivity index is 1.43. The van der Waals surface area contributed by atoms with Crippen LogP contribution in [0.4, 0.5) is 0 Å². The second-order valence-corrected chi connectivity index (χ2v) is 7.04. The second kappa shape index (κ2) is 5.79. The van der Waals surface area contributed by atoms with E-state index in [0.717, 1.165) is 25.1 Å². The molecular formula is C17H24N2O4. The third-order valence-electron chi connectivity index (χ3n) is 4.92. The predicted octanol–water partition coefficient (Wildman–Crippen LogP) is 1.46. The molecule has 6 nitrogen and oxygen atoms in total. The SMILES string of the molecule is CC1(C)O[C@H]2O[C@H](CN3CCC[C@@H]3c3ccccn3)[C@H](O)[C@H]2O1. The summed E-state index contributed by atoms with van der Waals surface area (Å²) in [5, 5.41) is 10.5. The Bertz CT molecular complexity index is 553. The Morgan fingerprint density at radius 2 is 2.22 bits per heavy atom. The second-order valence-electron chi connectivity index (χ2n) is 7.04. The molecular weight excluding hydrogens is 296 g/mol. The first-order chi connectivity index (χ1) is 11.0. The number of likely N-dealkylation sites (tertiary alicyclic amines) is 1. The average Bonchev–Trinajstić information content (AvgIpc) is 3.17. The first kappa shape index (κ1) is 15.5. The molecule has 0 bridgehead atoms. The summed E-state index contributed by atoms with van der Waals surface area (Å²) in [6.45, 7) is 5.35. The number of rotatable bonds is 3. The first-order valence-corrected chi connectivity index (χ1v) is 8.38. The number of aromatic nitrogens is 1. The predicted molar refractivity (Wildman–Crippen MR) is 82.5 cm³/mol. The van der Waals surface area contributed by atoms with Gasteiger partial charge < -0.3 is 19.3 Å². The number of hydrogen-bond acceptors (Lipinski definition) is 6. The summed E-state index contributed by atoms with van der Waals surface area (Å²) in [6, 6.07) is 6.32. The molecule has 3 fully saturated rings. The number of nitrogens with zero attached hydrogens (tertiary/aromatic N) is 2. The van der Waals surface area contributed by atoms with Gasteiger partial charge in [0.2, 0.25) is 0 Å². The minimum Gasteiger partial charge on any atom is -0.387 e. The van der Waals surface area contributed by atoms with E-state index in [-0.39, 0.29) is 6.10 Å². The third-order valence-corrected chi connectivity index (χ3v) is 4.92. The minimum absolute atomic E-state index is 0.287. The number of aliphatic hydroxyl groups is 1. The van der Waals surface area contributed by atoms with E-state index >= 15 is 0 Å². The summed E-state index contributed by atoms with van der Waals surface area (Å²) in [7, 11) is 0. The van der Waals surface area contributed by atoms with E-state index in [0.29, 0.717) is 12.6 Å². The average molecular weight is 320 g/mol. The number of ether oxygens (including phenoxy) is 3. The molecule has 1 aromatic heterocycles. The molecule has 4 heterocycles. The zero-order chi connectivity index (χ0) is 16.0. The summed E-state index contributed by atoms with van der Waals surface area (Å²) >= 11 is 0. The van der Waals surface area contributed by atoms with Crippen LogP contribution in [0.2, 0.25) is 0 Å². The van der Waals surface area contributed by atoms with E-state index in [1.54, 1.807) is 0 Å². The molecule has 3 saturated heterocycles. The van der Waals surface area contributed by atoms with Crippen molar-refractivity contribution in [2.45, 2.75) is 63.1 Å². The maximum atomic E-state index is 10.5. The molecule has 0 spiro atoms. The largest absolute Gasteiger partial charge is 0.387 e. The van der Waals surface area contributed by atoms with Crippen LogP contribution in [-0.4, -0.2) is 58.5 Å². The van der Waals surface area contributed by atoms with Gasteiger partial charge in [0, 0.05) is 12.7 Å². The van der Waals surface area contributed by atoms with Crippen molar-refractivity contribution in [3.63, 3.8) is 0 Å². The lowest BCUT2D eigenvalue weighted by atomic mass is 10.1. The Kier molecular flexibility index (Phi) is 3.90. The van der Waals surface area contributed by atoms with E-state index in [4.69, 9.17) is 14.2 Å². The Labute approximate surface area is 136 Å². The molecule has 0 amide bonds. The van der Waals surface area contributed by atoms with Crippen LogP contribution in [0.1, 0.15) is 38.4 Å². The molecule has 4 rings (SSSR count). The van der Waals surface area contributed by atoms with Crippen molar-refractivity contribution in [2.75, 3.05) is 13.1 Å². The smallest absolute Gasteiger partial charge is 0.190 e. The van der Waals surface area contributed by atoms with Crippen LogP contribution in [0.15, 0.2) is 24.4 Å². The van der Waals surface area contributed by atoms with Gasteiger partial charge in [0.1, 0.15) is 18.3 Å². The summed E-state index contributed by atoms with van der Waals surface area (Å²) in [5.74, 6) is -0.689. The molecule has 5 atom stereocenters. The van der Waals surface area contributed by atoms with Crippen LogP contribution >= 0.6 is 0 Å². The molecule has 6 heteroatoms. The van der Waals surface area contributed by atoms with Gasteiger partial charge in [0.15, 0.2) is 12.1 Å². The summed E-state index contributed by atoms with van der Waals surface area (Å²) in [6.07, 6.45) is 2.24. The lowest BCUT2D eigenvalue weighted by Crippen LogP contribution is -2.41. The van der Waals surface area contributed by atoms with Crippen molar-refractivity contribution in [1.82, 2.24) is 9.88 Å². The molecule has 1 aromatic rings. The molecule has 126 valence electrons. The summed E-state index contributed by atoms with van der Waals surface area (Å²) < 4.78 is 17.4. The van der Waals surface area contributed by atoms with Gasteiger partial charge in [-0.2, -0.15) is 0 Å². The van der Waals surface area contributed by atoms with Gasteiger partial charge in [-0.25, -0.2) is 0 Å². The van der Waals surface area contributed by atoms with Crippen molar-refractivity contribution in [3.05, 3.63) is 30.1 Å². The number of aliphatic hydroxyl groups excluding tert-OH is 1. The fourth-order valence-corrected chi connectivity index (χ4v) is 3.89. The van der Waals surface area contributed by atoms with Crippen LogP contribution < -0.4 is 0 Å². The highest BCUT2D eigenvalue weighted by Crippen LogP contribution is 2.39. The molecule has 0 radical (unpaired) electrons. The highest BCUT2D eigenvalue weighted by Gasteiger charge is 2.54. The zero-order valence-corrected chi connectivity index (χ0v) is 13.6. The topological polar surface area (TPSA) is 64.1 Å². The lowest BCUT2D eigenvalue weighted by molar-refractivity contribution is -0.216. The normalized spacial score (nSPS) is 39.7. The molecule has 0 unspecified atom stereocenters. The van der Waals surface area contributed by atoms with E-state index < -0.39 is 24.3 Å². The highest BCUT2D eigenvalue weighted by atomic mass is 16.8. The van der Waals surface area contributed by atoms with E-state index in [9.17, 15) is 5.11 Å². The van der Waals surface area contributed by atoms with Gasteiger partial charge in [-0.1, -0.05) is 6.07 Å². The zero-order valence-electron chi connectivity index (χ0n) is 13.6. The molecule has 23 heavy (non-hydrogen) atoms. The van der Waals surface area contributed by atoms with Gasteiger partial charge in [-0.15, -0.1) is 0 Å². The summed E-state index contributed by atoms with van der Waals surface area (Å²) in [4.78, 5) is 6.84. The van der Waals surface area contributed by atoms with Crippen LogP contribution in [-0.2, 0) is 14.2 Å². The first-order valence-electron chi connectivity index (χ1n) is 8.38. The number of fused-ring (bicyclic) bond motifs is 1. The Hall–Kier alpha value is -1.05. The van der Waals surface area contributed by atoms with Crippen molar-refractivity contribution in [1.29, 1.82) is 0 Å². The van der Waals surface area contributed by atoms with Gasteiger partial charge in [-0.3, -0.25) is 9.88 Å². The minimum atomic E-state index is -0.689. The summed E-state index contributed by atoms with van der Waals surface area (Å²) in [5.41, 5.74) is 1.09. The molecule has 0 aromatic carbocycles. The molecule has 0 saturated carbocycles.